The van der Waals surface area contributed by atoms with E-state index in [9.17, 15) is 9.59 Å². The highest BCUT2D eigenvalue weighted by molar-refractivity contribution is 5.89. The van der Waals surface area contributed by atoms with Gasteiger partial charge in [-0.1, -0.05) is 12.1 Å². The van der Waals surface area contributed by atoms with Crippen LogP contribution in [0.15, 0.2) is 42.5 Å². The van der Waals surface area contributed by atoms with E-state index in [2.05, 4.69) is 0 Å². The summed E-state index contributed by atoms with van der Waals surface area (Å²) in [7, 11) is 4.75. The van der Waals surface area contributed by atoms with Crippen LogP contribution in [0.2, 0.25) is 0 Å². The highest BCUT2D eigenvalue weighted by Gasteiger charge is 2.23. The average molecular weight is 411 g/mol. The van der Waals surface area contributed by atoms with E-state index in [0.29, 0.717) is 36.8 Å². The molecule has 2 aromatic rings. The molecule has 0 spiro atoms. The van der Waals surface area contributed by atoms with Gasteiger partial charge in [-0.05, 0) is 53.5 Å². The van der Waals surface area contributed by atoms with E-state index in [4.69, 9.17) is 18.9 Å². The quantitative estimate of drug-likeness (QED) is 0.515. The topological polar surface area (TPSA) is 74.3 Å². The molecule has 0 atom stereocenters. The number of carbonyl (C=O) groups excluding carboxylic acids is 2. The summed E-state index contributed by atoms with van der Waals surface area (Å²) in [5, 5.41) is 0. The first-order chi connectivity index (χ1) is 14.5. The zero-order valence-electron chi connectivity index (χ0n) is 17.3. The summed E-state index contributed by atoms with van der Waals surface area (Å²) in [5.74, 6) is 1.18. The van der Waals surface area contributed by atoms with E-state index in [0.717, 1.165) is 16.7 Å². The van der Waals surface area contributed by atoms with E-state index < -0.39 is 5.97 Å². The van der Waals surface area contributed by atoms with Crippen molar-refractivity contribution in [3.8, 4) is 17.2 Å². The molecule has 0 radical (unpaired) electrons. The minimum absolute atomic E-state index is 0.237. The number of methoxy groups -OCH3 is 3. The fourth-order valence-corrected chi connectivity index (χ4v) is 3.28. The van der Waals surface area contributed by atoms with Crippen molar-refractivity contribution < 1.29 is 28.5 Å². The van der Waals surface area contributed by atoms with Crippen LogP contribution < -0.4 is 14.2 Å². The van der Waals surface area contributed by atoms with E-state index in [-0.39, 0.29) is 12.5 Å². The van der Waals surface area contributed by atoms with Crippen LogP contribution in [-0.2, 0) is 27.3 Å². The van der Waals surface area contributed by atoms with Gasteiger partial charge in [-0.2, -0.15) is 0 Å². The molecule has 158 valence electrons. The number of hydrogen-bond acceptors (Lipinski definition) is 6. The molecule has 7 nitrogen and oxygen atoms in total. The number of hydrogen-bond donors (Lipinski definition) is 0. The Morgan fingerprint density at radius 3 is 2.43 bits per heavy atom. The van der Waals surface area contributed by atoms with E-state index in [1.807, 2.05) is 30.3 Å². The zero-order valence-corrected chi connectivity index (χ0v) is 17.3. The van der Waals surface area contributed by atoms with Crippen molar-refractivity contribution in [1.29, 1.82) is 0 Å². The fourth-order valence-electron chi connectivity index (χ4n) is 3.28. The Morgan fingerprint density at radius 2 is 1.73 bits per heavy atom. The van der Waals surface area contributed by atoms with Crippen molar-refractivity contribution >= 4 is 18.0 Å². The molecular weight excluding hydrogens is 386 g/mol. The number of fused-ring (bicyclic) bond motifs is 1. The number of amides is 1. The van der Waals surface area contributed by atoms with Gasteiger partial charge in [0.2, 0.25) is 0 Å². The molecule has 0 aromatic heterocycles. The smallest absolute Gasteiger partial charge is 0.331 e. The van der Waals surface area contributed by atoms with Gasteiger partial charge < -0.3 is 23.8 Å². The van der Waals surface area contributed by atoms with Crippen LogP contribution in [0, 0.1) is 0 Å². The van der Waals surface area contributed by atoms with E-state index in [1.165, 1.54) is 6.08 Å². The molecular formula is C23H25NO6. The van der Waals surface area contributed by atoms with Crippen LogP contribution in [0.1, 0.15) is 16.7 Å². The van der Waals surface area contributed by atoms with Gasteiger partial charge in [-0.15, -0.1) is 0 Å². The predicted molar refractivity (Wildman–Crippen MR) is 112 cm³/mol. The second-order valence-corrected chi connectivity index (χ2v) is 6.76. The highest BCUT2D eigenvalue weighted by Crippen LogP contribution is 2.33. The normalized spacial score (nSPS) is 13.0. The Labute approximate surface area is 175 Å². The fraction of sp³-hybridized carbons (Fsp3) is 0.304. The van der Waals surface area contributed by atoms with Crippen molar-refractivity contribution in [2.24, 2.45) is 0 Å². The van der Waals surface area contributed by atoms with Crippen LogP contribution in [-0.4, -0.2) is 51.3 Å². The SMILES string of the molecule is COc1cccc(/C=C/C(=O)OCC(=O)N2CCc3cc(OC)c(OC)cc3C2)c1. The minimum atomic E-state index is -0.574. The molecule has 3 rings (SSSR count). The maximum absolute atomic E-state index is 12.5. The standard InChI is InChI=1S/C23H25NO6/c1-27-19-6-4-5-16(11-19)7-8-23(26)30-15-22(25)24-10-9-17-12-20(28-2)21(29-3)13-18(17)14-24/h4-8,11-13H,9-10,14-15H2,1-3H3/b8-7+. The van der Waals surface area contributed by atoms with Crippen molar-refractivity contribution in [1.82, 2.24) is 4.90 Å². The van der Waals surface area contributed by atoms with Crippen LogP contribution >= 0.6 is 0 Å². The summed E-state index contributed by atoms with van der Waals surface area (Å²) in [6.45, 7) is 0.689. The molecule has 1 heterocycles. The van der Waals surface area contributed by atoms with Gasteiger partial charge in [0.15, 0.2) is 18.1 Å². The Hall–Kier alpha value is -3.48. The summed E-state index contributed by atoms with van der Waals surface area (Å²) in [6.07, 6.45) is 3.61. The third-order valence-corrected chi connectivity index (χ3v) is 4.91. The monoisotopic (exact) mass is 411 g/mol. The molecule has 0 N–H and O–H groups in total. The highest BCUT2D eigenvalue weighted by atomic mass is 16.5. The minimum Gasteiger partial charge on any atom is -0.497 e. The largest absolute Gasteiger partial charge is 0.497 e. The van der Waals surface area contributed by atoms with Crippen LogP contribution in [0.5, 0.6) is 17.2 Å². The summed E-state index contributed by atoms with van der Waals surface area (Å²) in [6, 6.07) is 11.1. The Bertz CT molecular complexity index is 953. The van der Waals surface area contributed by atoms with Gasteiger partial charge in [0.05, 0.1) is 21.3 Å². The third kappa shape index (κ3) is 5.11. The molecule has 7 heteroatoms. The lowest BCUT2D eigenvalue weighted by Crippen LogP contribution is -2.38. The lowest BCUT2D eigenvalue weighted by molar-refractivity contribution is -0.148. The summed E-state index contributed by atoms with van der Waals surface area (Å²) >= 11 is 0. The molecule has 0 fully saturated rings. The number of ether oxygens (including phenoxy) is 4. The van der Waals surface area contributed by atoms with Gasteiger partial charge in [-0.3, -0.25) is 4.79 Å². The lowest BCUT2D eigenvalue weighted by atomic mass is 9.99. The first kappa shape index (κ1) is 21.2. The van der Waals surface area contributed by atoms with Crippen molar-refractivity contribution in [3.63, 3.8) is 0 Å². The van der Waals surface area contributed by atoms with Crippen molar-refractivity contribution in [3.05, 3.63) is 59.2 Å². The third-order valence-electron chi connectivity index (χ3n) is 4.91. The molecule has 0 bridgehead atoms. The molecule has 0 unspecified atom stereocenters. The van der Waals surface area contributed by atoms with Gasteiger partial charge in [0.25, 0.3) is 5.91 Å². The number of nitrogens with zero attached hydrogens (tertiary/aromatic N) is 1. The molecule has 2 aromatic carbocycles. The lowest BCUT2D eigenvalue weighted by Gasteiger charge is -2.29. The molecule has 30 heavy (non-hydrogen) atoms. The molecule has 0 aliphatic carbocycles. The molecule has 1 amide bonds. The van der Waals surface area contributed by atoms with Crippen molar-refractivity contribution in [2.75, 3.05) is 34.5 Å². The van der Waals surface area contributed by atoms with Gasteiger partial charge >= 0.3 is 5.97 Å². The molecule has 0 saturated heterocycles. The zero-order chi connectivity index (χ0) is 21.5. The van der Waals surface area contributed by atoms with Gasteiger partial charge in [0, 0.05) is 19.2 Å². The maximum Gasteiger partial charge on any atom is 0.331 e. The molecule has 1 aliphatic rings. The van der Waals surface area contributed by atoms with Crippen LogP contribution in [0.25, 0.3) is 6.08 Å². The van der Waals surface area contributed by atoms with E-state index in [1.54, 1.807) is 38.4 Å². The summed E-state index contributed by atoms with van der Waals surface area (Å²) < 4.78 is 20.9. The second kappa shape index (κ2) is 9.82. The van der Waals surface area contributed by atoms with Crippen LogP contribution in [0.4, 0.5) is 0 Å². The second-order valence-electron chi connectivity index (χ2n) is 6.76. The van der Waals surface area contributed by atoms with Crippen LogP contribution in [0.3, 0.4) is 0 Å². The first-order valence-electron chi connectivity index (χ1n) is 9.54. The Morgan fingerprint density at radius 1 is 1.00 bits per heavy atom. The molecule has 0 saturated carbocycles. The number of benzene rings is 2. The van der Waals surface area contributed by atoms with Gasteiger partial charge in [0.1, 0.15) is 5.75 Å². The number of carbonyl (C=O) groups is 2. The number of esters is 1. The summed E-state index contributed by atoms with van der Waals surface area (Å²) in [4.78, 5) is 26.1. The Balaban J connectivity index is 1.55. The predicted octanol–water partition coefficient (Wildman–Crippen LogP) is 2.85. The van der Waals surface area contributed by atoms with E-state index >= 15 is 0 Å². The average Bonchev–Trinajstić information content (AvgIpc) is 2.79. The summed E-state index contributed by atoms with van der Waals surface area (Å²) in [5.41, 5.74) is 2.92. The molecule has 1 aliphatic heterocycles. The number of rotatable bonds is 7. The first-order valence-corrected chi connectivity index (χ1v) is 9.54. The van der Waals surface area contributed by atoms with Gasteiger partial charge in [-0.25, -0.2) is 4.79 Å². The maximum atomic E-state index is 12.5. The van der Waals surface area contributed by atoms with Crippen molar-refractivity contribution in [2.45, 2.75) is 13.0 Å². The Kier molecular flexibility index (Phi) is 6.95.